The summed E-state index contributed by atoms with van der Waals surface area (Å²) in [5.41, 5.74) is 2.92. The molecule has 0 amide bonds. The van der Waals surface area contributed by atoms with Crippen molar-refractivity contribution in [3.63, 3.8) is 0 Å². The Morgan fingerprint density at radius 2 is 2.06 bits per heavy atom. The molecule has 1 aliphatic heterocycles. The van der Waals surface area contributed by atoms with Crippen molar-refractivity contribution >= 4 is 17.2 Å². The van der Waals surface area contributed by atoms with Crippen molar-refractivity contribution in [3.8, 4) is 0 Å². The fraction of sp³-hybridized carbons (Fsp3) is 0.385. The highest BCUT2D eigenvalue weighted by Gasteiger charge is 2.27. The number of nitrogens with zero attached hydrogens (tertiary/aromatic N) is 2. The van der Waals surface area contributed by atoms with Crippen LogP contribution >= 0.6 is 0 Å². The van der Waals surface area contributed by atoms with Crippen molar-refractivity contribution in [1.82, 2.24) is 0 Å². The molecule has 3 rings (SSSR count). The van der Waals surface area contributed by atoms with Gasteiger partial charge in [0.1, 0.15) is 5.71 Å². The Kier molecular flexibility index (Phi) is 2.76. The maximum atomic E-state index is 11.8. The lowest BCUT2D eigenvalue weighted by Crippen LogP contribution is -2.36. The van der Waals surface area contributed by atoms with E-state index in [4.69, 9.17) is 9.94 Å². The molecule has 1 heterocycles. The molecule has 0 unspecified atom stereocenters. The van der Waals surface area contributed by atoms with E-state index in [1.54, 1.807) is 0 Å². The van der Waals surface area contributed by atoms with Crippen LogP contribution in [0.5, 0.6) is 0 Å². The smallest absolute Gasteiger partial charge is 0.211 e. The van der Waals surface area contributed by atoms with Gasteiger partial charge in [-0.15, -0.1) is 0 Å². The molecule has 1 aliphatic carbocycles. The molecule has 0 atom stereocenters. The average Bonchev–Trinajstić information content (AvgIpc) is 2.76. The normalized spacial score (nSPS) is 21.4. The summed E-state index contributed by atoms with van der Waals surface area (Å²) in [4.78, 5) is 14.0. The van der Waals surface area contributed by atoms with Crippen molar-refractivity contribution in [2.24, 2.45) is 5.16 Å². The third-order valence-electron chi connectivity index (χ3n) is 3.45. The third-order valence-corrected chi connectivity index (χ3v) is 3.45. The molecule has 18 heavy (non-hydrogen) atoms. The topological polar surface area (TPSA) is 62.1 Å². The molecule has 0 aromatic heterocycles. The Balaban J connectivity index is 1.91. The largest absolute Gasteiger partial charge is 0.411 e. The van der Waals surface area contributed by atoms with E-state index in [1.165, 1.54) is 0 Å². The number of benzene rings is 1. The second kappa shape index (κ2) is 4.42. The van der Waals surface area contributed by atoms with Crippen molar-refractivity contribution in [2.75, 3.05) is 31.2 Å². The summed E-state index contributed by atoms with van der Waals surface area (Å²) in [6.07, 6.45) is 0.419. The summed E-state index contributed by atoms with van der Waals surface area (Å²) < 4.78 is 5.32. The van der Waals surface area contributed by atoms with E-state index in [1.807, 2.05) is 18.2 Å². The van der Waals surface area contributed by atoms with Gasteiger partial charge in [0.2, 0.25) is 5.78 Å². The van der Waals surface area contributed by atoms with Gasteiger partial charge in [0.15, 0.2) is 0 Å². The monoisotopic (exact) mass is 246 g/mol. The van der Waals surface area contributed by atoms with E-state index in [0.717, 1.165) is 37.6 Å². The van der Waals surface area contributed by atoms with E-state index < -0.39 is 0 Å². The third kappa shape index (κ3) is 1.76. The average molecular weight is 246 g/mol. The molecule has 0 spiro atoms. The molecule has 0 saturated carbocycles. The summed E-state index contributed by atoms with van der Waals surface area (Å²) >= 11 is 0. The summed E-state index contributed by atoms with van der Waals surface area (Å²) in [5, 5.41) is 11.8. The first-order valence-electron chi connectivity index (χ1n) is 6.01. The van der Waals surface area contributed by atoms with Gasteiger partial charge in [-0.1, -0.05) is 5.16 Å². The van der Waals surface area contributed by atoms with Crippen LogP contribution in [-0.2, 0) is 11.2 Å². The lowest BCUT2D eigenvalue weighted by molar-refractivity contribution is 0.106. The Bertz CT molecular complexity index is 519. The standard InChI is InChI=1S/C13H14N2O3/c16-13-11-2-1-10(15-3-5-18-6-4-15)7-9(11)8-12(13)14-17/h1-2,7,17H,3-6,8H2. The van der Waals surface area contributed by atoms with Crippen LogP contribution in [0.4, 0.5) is 5.69 Å². The Labute approximate surface area is 105 Å². The fourth-order valence-electron chi connectivity index (χ4n) is 2.46. The highest BCUT2D eigenvalue weighted by molar-refractivity contribution is 6.49. The van der Waals surface area contributed by atoms with Gasteiger partial charge >= 0.3 is 0 Å². The van der Waals surface area contributed by atoms with E-state index in [0.29, 0.717) is 12.0 Å². The van der Waals surface area contributed by atoms with Crippen molar-refractivity contribution in [1.29, 1.82) is 0 Å². The first-order chi connectivity index (χ1) is 8.79. The molecule has 1 fully saturated rings. The number of Topliss-reactive ketones (excluding diaryl/α,β-unsaturated/α-hetero) is 1. The zero-order valence-corrected chi connectivity index (χ0v) is 9.93. The molecule has 2 aliphatic rings. The van der Waals surface area contributed by atoms with Crippen molar-refractivity contribution in [2.45, 2.75) is 6.42 Å². The second-order valence-electron chi connectivity index (χ2n) is 4.49. The summed E-state index contributed by atoms with van der Waals surface area (Å²) in [6, 6.07) is 5.78. The number of anilines is 1. The SMILES string of the molecule is O=C1C(=NO)Cc2cc(N3CCOCC3)ccc21. The number of carbonyl (C=O) groups excluding carboxylic acids is 1. The van der Waals surface area contributed by atoms with Crippen molar-refractivity contribution < 1.29 is 14.7 Å². The van der Waals surface area contributed by atoms with Crippen LogP contribution in [-0.4, -0.2) is 43.0 Å². The first-order valence-corrected chi connectivity index (χ1v) is 6.01. The van der Waals surface area contributed by atoms with Crippen molar-refractivity contribution in [3.05, 3.63) is 29.3 Å². The molecule has 1 N–H and O–H groups in total. The summed E-state index contributed by atoms with van der Waals surface area (Å²) in [7, 11) is 0. The number of rotatable bonds is 1. The number of oxime groups is 1. The minimum atomic E-state index is -0.166. The number of hydrogen-bond acceptors (Lipinski definition) is 5. The molecular weight excluding hydrogens is 232 g/mol. The highest BCUT2D eigenvalue weighted by atomic mass is 16.5. The number of morpholine rings is 1. The first kappa shape index (κ1) is 11.2. The van der Waals surface area contributed by atoms with Gasteiger partial charge in [-0.2, -0.15) is 0 Å². The number of ether oxygens (including phenoxy) is 1. The van der Waals surface area contributed by atoms with Crippen LogP contribution < -0.4 is 4.90 Å². The van der Waals surface area contributed by atoms with Gasteiger partial charge in [-0.3, -0.25) is 4.79 Å². The van der Waals surface area contributed by atoms with E-state index in [9.17, 15) is 4.79 Å². The Hall–Kier alpha value is -1.88. The van der Waals surface area contributed by atoms with Crippen LogP contribution in [0.3, 0.4) is 0 Å². The van der Waals surface area contributed by atoms with Gasteiger partial charge in [0, 0.05) is 30.8 Å². The van der Waals surface area contributed by atoms with Crippen LogP contribution in [0.2, 0.25) is 0 Å². The quantitative estimate of drug-likeness (QED) is 0.595. The molecule has 5 nitrogen and oxygen atoms in total. The van der Waals surface area contributed by atoms with E-state index in [2.05, 4.69) is 10.1 Å². The summed E-state index contributed by atoms with van der Waals surface area (Å²) in [6.45, 7) is 3.21. The maximum Gasteiger partial charge on any atom is 0.211 e. The van der Waals surface area contributed by atoms with Gasteiger partial charge in [-0.05, 0) is 23.8 Å². The van der Waals surface area contributed by atoms with Gasteiger partial charge < -0.3 is 14.8 Å². The molecule has 5 heteroatoms. The predicted octanol–water partition coefficient (Wildman–Crippen LogP) is 1.09. The highest BCUT2D eigenvalue weighted by Crippen LogP contribution is 2.26. The maximum absolute atomic E-state index is 11.8. The molecule has 1 aromatic rings. The Morgan fingerprint density at radius 3 is 2.78 bits per heavy atom. The molecular formula is C13H14N2O3. The molecule has 1 saturated heterocycles. The Morgan fingerprint density at radius 1 is 1.28 bits per heavy atom. The molecule has 0 radical (unpaired) electrons. The fourth-order valence-corrected chi connectivity index (χ4v) is 2.46. The van der Waals surface area contributed by atoms with Crippen LogP contribution in [0.1, 0.15) is 15.9 Å². The van der Waals surface area contributed by atoms with E-state index in [-0.39, 0.29) is 11.5 Å². The number of fused-ring (bicyclic) bond motifs is 1. The van der Waals surface area contributed by atoms with Gasteiger partial charge in [0.05, 0.1) is 13.2 Å². The molecule has 0 bridgehead atoms. The number of hydrogen-bond donors (Lipinski definition) is 1. The van der Waals surface area contributed by atoms with Crippen LogP contribution in [0.15, 0.2) is 23.4 Å². The molecule has 94 valence electrons. The van der Waals surface area contributed by atoms with Gasteiger partial charge in [-0.25, -0.2) is 0 Å². The summed E-state index contributed by atoms with van der Waals surface area (Å²) in [5.74, 6) is -0.166. The lowest BCUT2D eigenvalue weighted by Gasteiger charge is -2.29. The van der Waals surface area contributed by atoms with Gasteiger partial charge in [0.25, 0.3) is 0 Å². The molecule has 1 aromatic carbocycles. The zero-order chi connectivity index (χ0) is 12.5. The number of carbonyl (C=O) groups is 1. The van der Waals surface area contributed by atoms with Crippen LogP contribution in [0, 0.1) is 0 Å². The zero-order valence-electron chi connectivity index (χ0n) is 9.93. The minimum absolute atomic E-state index is 0.166. The second-order valence-corrected chi connectivity index (χ2v) is 4.49. The van der Waals surface area contributed by atoms with Crippen LogP contribution in [0.25, 0.3) is 0 Å². The lowest BCUT2D eigenvalue weighted by atomic mass is 10.1. The minimum Gasteiger partial charge on any atom is -0.411 e. The number of ketones is 1. The van der Waals surface area contributed by atoms with E-state index >= 15 is 0 Å². The predicted molar refractivity (Wildman–Crippen MR) is 66.7 cm³/mol.